The molecule has 12 nitrogen and oxygen atoms in total. The van der Waals surface area contributed by atoms with E-state index in [1.54, 1.807) is 35.2 Å². The summed E-state index contributed by atoms with van der Waals surface area (Å²) in [4.78, 5) is 35.1. The first kappa shape index (κ1) is 24.1. The van der Waals surface area contributed by atoms with Gasteiger partial charge in [0.2, 0.25) is 5.88 Å². The molecule has 0 aromatic carbocycles. The molecular weight excluding hydrogens is 476 g/mol. The van der Waals surface area contributed by atoms with E-state index < -0.39 is 12.2 Å². The van der Waals surface area contributed by atoms with Crippen LogP contribution in [0.1, 0.15) is 22.3 Å². The molecule has 3 N–H and O–H groups in total. The van der Waals surface area contributed by atoms with Crippen molar-refractivity contribution in [3.05, 3.63) is 65.5 Å². The van der Waals surface area contributed by atoms with E-state index in [1.807, 2.05) is 14.0 Å². The molecular formula is C25H24N8O4. The lowest BCUT2D eigenvalue weighted by Crippen LogP contribution is -2.48. The Labute approximate surface area is 212 Å². The lowest BCUT2D eigenvalue weighted by atomic mass is 10.0. The first-order chi connectivity index (χ1) is 17.8. The van der Waals surface area contributed by atoms with E-state index in [9.17, 15) is 15.0 Å². The quantitative estimate of drug-likeness (QED) is 0.353. The van der Waals surface area contributed by atoms with E-state index >= 15 is 0 Å². The molecule has 1 saturated heterocycles. The molecule has 0 radical (unpaired) electrons. The number of anilines is 2. The van der Waals surface area contributed by atoms with Gasteiger partial charge in [-0.2, -0.15) is 4.98 Å². The molecule has 188 valence electrons. The molecule has 4 aromatic rings. The largest absolute Gasteiger partial charge is 0.435 e. The molecule has 0 saturated carbocycles. The van der Waals surface area contributed by atoms with E-state index in [0.717, 1.165) is 5.56 Å². The smallest absolute Gasteiger partial charge is 0.269 e. The highest BCUT2D eigenvalue weighted by Crippen LogP contribution is 2.31. The second-order valence-corrected chi connectivity index (χ2v) is 8.79. The normalized spacial score (nSPS) is 17.4. The second kappa shape index (κ2) is 9.81. The summed E-state index contributed by atoms with van der Waals surface area (Å²) < 4.78 is 7.75. The number of fused-ring (bicyclic) bond motifs is 1. The fourth-order valence-electron chi connectivity index (χ4n) is 4.05. The maximum atomic E-state index is 12.8. The van der Waals surface area contributed by atoms with Crippen LogP contribution < -0.4 is 10.1 Å². The minimum absolute atomic E-state index is 0.0764. The van der Waals surface area contributed by atoms with Crippen molar-refractivity contribution in [3.63, 3.8) is 0 Å². The number of aryl methyl sites for hydroxylation is 2. The van der Waals surface area contributed by atoms with Gasteiger partial charge < -0.3 is 34.6 Å². The highest BCUT2D eigenvalue weighted by Gasteiger charge is 2.29. The zero-order chi connectivity index (χ0) is 26.1. The van der Waals surface area contributed by atoms with Gasteiger partial charge in [0.05, 0.1) is 29.8 Å². The Balaban J connectivity index is 1.38. The van der Waals surface area contributed by atoms with E-state index in [0.29, 0.717) is 52.8 Å². The molecule has 0 unspecified atom stereocenters. The highest BCUT2D eigenvalue weighted by molar-refractivity contribution is 5.94. The first-order valence-corrected chi connectivity index (χ1v) is 11.5. The van der Waals surface area contributed by atoms with Crippen LogP contribution in [-0.4, -0.2) is 70.8 Å². The number of nitrogens with one attached hydrogen (secondary N) is 1. The number of hydrogen-bond donors (Lipinski definition) is 3. The van der Waals surface area contributed by atoms with Crippen molar-refractivity contribution in [3.8, 4) is 11.6 Å². The summed E-state index contributed by atoms with van der Waals surface area (Å²) in [5.41, 5.74) is 2.92. The molecule has 5 rings (SSSR count). The number of pyridine rings is 3. The van der Waals surface area contributed by atoms with Crippen LogP contribution in [0.2, 0.25) is 0 Å². The van der Waals surface area contributed by atoms with Crippen molar-refractivity contribution in [2.24, 2.45) is 7.05 Å². The summed E-state index contributed by atoms with van der Waals surface area (Å²) in [5, 5.41) is 22.8. The lowest BCUT2D eigenvalue weighted by molar-refractivity contribution is -0.0321. The number of rotatable bonds is 5. The number of piperidine rings is 1. The van der Waals surface area contributed by atoms with Crippen molar-refractivity contribution < 1.29 is 19.7 Å². The minimum atomic E-state index is -0.958. The molecule has 1 fully saturated rings. The number of amides is 1. The van der Waals surface area contributed by atoms with Crippen molar-refractivity contribution in [2.45, 2.75) is 25.6 Å². The van der Waals surface area contributed by atoms with Crippen LogP contribution >= 0.6 is 0 Å². The first-order valence-electron chi connectivity index (χ1n) is 11.5. The Bertz CT molecular complexity index is 1510. The van der Waals surface area contributed by atoms with Crippen LogP contribution in [0.25, 0.3) is 16.0 Å². The number of aliphatic hydroxyl groups excluding tert-OH is 2. The summed E-state index contributed by atoms with van der Waals surface area (Å²) in [6.45, 7) is 9.38. The third-order valence-electron chi connectivity index (χ3n) is 6.13. The predicted octanol–water partition coefficient (Wildman–Crippen LogP) is 2.72. The van der Waals surface area contributed by atoms with Gasteiger partial charge in [0, 0.05) is 32.4 Å². The van der Waals surface area contributed by atoms with Gasteiger partial charge in [-0.05, 0) is 37.1 Å². The van der Waals surface area contributed by atoms with Gasteiger partial charge >= 0.3 is 0 Å². The Morgan fingerprint density at radius 1 is 1.19 bits per heavy atom. The van der Waals surface area contributed by atoms with E-state index in [1.165, 1.54) is 17.3 Å². The van der Waals surface area contributed by atoms with Gasteiger partial charge in [-0.15, -0.1) is 4.98 Å². The number of aromatic nitrogens is 5. The Morgan fingerprint density at radius 3 is 2.73 bits per heavy atom. The van der Waals surface area contributed by atoms with Gasteiger partial charge in [0.1, 0.15) is 11.3 Å². The molecule has 37 heavy (non-hydrogen) atoms. The fraction of sp³-hybridized carbons (Fsp3) is 0.280. The molecule has 0 aliphatic carbocycles. The SMILES string of the molecule is [C-]#[N+]c1cc(C)c(Oc2cc(Nc3ccc(C(=O)N4CC[C@@H](O)[C@H](O)C4)cn3)c3ncn(C)c3n2)cn1. The Morgan fingerprint density at radius 2 is 2.03 bits per heavy atom. The van der Waals surface area contributed by atoms with E-state index in [4.69, 9.17) is 11.3 Å². The zero-order valence-corrected chi connectivity index (χ0v) is 20.2. The average molecular weight is 501 g/mol. The highest BCUT2D eigenvalue weighted by atomic mass is 16.5. The zero-order valence-electron chi connectivity index (χ0n) is 20.2. The van der Waals surface area contributed by atoms with Gasteiger partial charge in [0.25, 0.3) is 11.7 Å². The number of carbonyl (C=O) groups is 1. The summed E-state index contributed by atoms with van der Waals surface area (Å²) in [6.07, 6.45) is 3.15. The third-order valence-corrected chi connectivity index (χ3v) is 6.13. The summed E-state index contributed by atoms with van der Waals surface area (Å²) in [6, 6.07) is 6.66. The topological polar surface area (TPSA) is 143 Å². The van der Waals surface area contributed by atoms with Gasteiger partial charge in [-0.1, -0.05) is 6.57 Å². The number of nitrogens with zero attached hydrogens (tertiary/aromatic N) is 7. The molecule has 0 bridgehead atoms. The van der Waals surface area contributed by atoms with Crippen molar-refractivity contribution >= 4 is 34.4 Å². The Hall–Kier alpha value is -4.60. The van der Waals surface area contributed by atoms with E-state index in [2.05, 4.69) is 30.1 Å². The second-order valence-electron chi connectivity index (χ2n) is 8.79. The molecule has 0 spiro atoms. The summed E-state index contributed by atoms with van der Waals surface area (Å²) in [5.74, 6) is 1.28. The van der Waals surface area contributed by atoms with Crippen LogP contribution in [0, 0.1) is 13.5 Å². The molecule has 4 aromatic heterocycles. The molecule has 1 aliphatic rings. The van der Waals surface area contributed by atoms with Crippen LogP contribution in [-0.2, 0) is 7.05 Å². The average Bonchev–Trinajstić information content (AvgIpc) is 3.27. The minimum Gasteiger partial charge on any atom is -0.435 e. The van der Waals surface area contributed by atoms with Crippen LogP contribution in [0.15, 0.2) is 43.0 Å². The molecule has 1 aliphatic heterocycles. The van der Waals surface area contributed by atoms with Gasteiger partial charge in [0.15, 0.2) is 17.6 Å². The molecule has 2 atom stereocenters. The van der Waals surface area contributed by atoms with Gasteiger partial charge in [-0.3, -0.25) is 4.79 Å². The number of hydrogen-bond acceptors (Lipinski definition) is 9. The molecule has 5 heterocycles. The van der Waals surface area contributed by atoms with Crippen LogP contribution in [0.5, 0.6) is 11.6 Å². The number of aliphatic hydroxyl groups is 2. The van der Waals surface area contributed by atoms with E-state index in [-0.39, 0.29) is 18.3 Å². The number of likely N-dealkylation sites (tertiary alicyclic amines) is 1. The monoisotopic (exact) mass is 500 g/mol. The van der Waals surface area contributed by atoms with Crippen molar-refractivity contribution in [1.29, 1.82) is 0 Å². The number of carbonyl (C=O) groups excluding carboxylic acids is 1. The molecule has 12 heteroatoms. The molecule has 1 amide bonds. The summed E-state index contributed by atoms with van der Waals surface area (Å²) in [7, 11) is 1.82. The van der Waals surface area contributed by atoms with Crippen LogP contribution in [0.3, 0.4) is 0 Å². The fourth-order valence-corrected chi connectivity index (χ4v) is 4.05. The number of ether oxygens (including phenoxy) is 1. The maximum Gasteiger partial charge on any atom is 0.269 e. The van der Waals surface area contributed by atoms with Gasteiger partial charge in [-0.25, -0.2) is 9.97 Å². The Kier molecular flexibility index (Phi) is 6.39. The maximum absolute atomic E-state index is 12.8. The number of β-amino-alcohol motifs (C(OH)–C–C–N with tert-alkyl or cyclic N) is 1. The number of imidazole rings is 1. The van der Waals surface area contributed by atoms with Crippen molar-refractivity contribution in [2.75, 3.05) is 18.4 Å². The predicted molar refractivity (Wildman–Crippen MR) is 134 cm³/mol. The summed E-state index contributed by atoms with van der Waals surface area (Å²) >= 11 is 0. The van der Waals surface area contributed by atoms with Crippen LogP contribution in [0.4, 0.5) is 17.3 Å². The standard InChI is InChI=1S/C25H24N8O4/c1-14-8-21(26-2)28-11-19(14)37-22-9-16(23-24(31-22)32(3)13-29-23)30-20-5-4-15(10-27-20)25(36)33-7-6-17(34)18(35)12-33/h4-5,8-11,13,17-18,34-35H,6-7,12H2,1,3H3,(H,27,30,31)/t17-,18-/m1/s1. The van der Waals surface area contributed by atoms with Crippen molar-refractivity contribution in [1.82, 2.24) is 29.4 Å². The third kappa shape index (κ3) is 4.90. The lowest BCUT2D eigenvalue weighted by Gasteiger charge is -2.33.